The van der Waals surface area contributed by atoms with Crippen molar-refractivity contribution >= 4 is 22.9 Å². The molecule has 2 aromatic heterocycles. The van der Waals surface area contributed by atoms with Crippen molar-refractivity contribution in [3.8, 4) is 21.9 Å². The molecular formula is C22H17F2N3O3S. The summed E-state index contributed by atoms with van der Waals surface area (Å²) < 4.78 is 34.0. The second-order valence-electron chi connectivity index (χ2n) is 6.74. The highest BCUT2D eigenvalue weighted by Crippen LogP contribution is 2.34. The number of hydrogen-bond donors (Lipinski definition) is 1. The summed E-state index contributed by atoms with van der Waals surface area (Å²) in [5.41, 5.74) is 2.02. The maximum absolute atomic E-state index is 13.8. The van der Waals surface area contributed by atoms with Crippen LogP contribution in [-0.2, 0) is 13.5 Å². The predicted octanol–water partition coefficient (Wildman–Crippen LogP) is 4.86. The number of carbonyl (C=O) groups is 1. The molecule has 0 aliphatic carbocycles. The van der Waals surface area contributed by atoms with Gasteiger partial charge in [0.05, 0.1) is 4.88 Å². The Hall–Kier alpha value is -3.59. The number of aryl methyl sites for hydroxylation is 2. The Morgan fingerprint density at radius 3 is 2.55 bits per heavy atom. The van der Waals surface area contributed by atoms with E-state index < -0.39 is 29.0 Å². The van der Waals surface area contributed by atoms with Crippen molar-refractivity contribution in [3.63, 3.8) is 0 Å². The number of para-hydroxylation sites is 1. The topological polar surface area (TPSA) is 77.1 Å². The van der Waals surface area contributed by atoms with Crippen molar-refractivity contribution in [1.82, 2.24) is 9.78 Å². The standard InChI is InChI=1S/C22H17F2N3O3S/c1-3-12-7-8-13(21-26-27(2)22(29)30-21)11-14(12)17-9-10-18(31-17)20(28)25-19-15(23)5-4-6-16(19)24/h4-11H,3H2,1-2H3,(H,25,28). The lowest BCUT2D eigenvalue weighted by atomic mass is 10.0. The van der Waals surface area contributed by atoms with E-state index in [0.29, 0.717) is 10.4 Å². The summed E-state index contributed by atoms with van der Waals surface area (Å²) in [5.74, 6) is -2.66. The molecule has 4 aromatic rings. The van der Waals surface area contributed by atoms with Gasteiger partial charge in [0.1, 0.15) is 17.3 Å². The number of carbonyl (C=O) groups excluding carboxylic acids is 1. The molecule has 0 saturated heterocycles. The minimum atomic E-state index is -0.844. The van der Waals surface area contributed by atoms with Crippen LogP contribution in [0.1, 0.15) is 22.2 Å². The van der Waals surface area contributed by atoms with Crippen LogP contribution < -0.4 is 11.1 Å². The second-order valence-corrected chi connectivity index (χ2v) is 7.82. The van der Waals surface area contributed by atoms with Gasteiger partial charge in [-0.1, -0.05) is 19.1 Å². The van der Waals surface area contributed by atoms with E-state index >= 15 is 0 Å². The Balaban J connectivity index is 1.67. The molecule has 0 unspecified atom stereocenters. The van der Waals surface area contributed by atoms with E-state index in [0.717, 1.165) is 39.2 Å². The molecule has 0 spiro atoms. The lowest BCUT2D eigenvalue weighted by Gasteiger charge is -2.08. The van der Waals surface area contributed by atoms with Crippen molar-refractivity contribution < 1.29 is 18.0 Å². The highest BCUT2D eigenvalue weighted by atomic mass is 32.1. The van der Waals surface area contributed by atoms with E-state index in [1.807, 2.05) is 25.1 Å². The molecule has 158 valence electrons. The Bertz CT molecular complexity index is 1320. The van der Waals surface area contributed by atoms with E-state index in [1.165, 1.54) is 24.5 Å². The SMILES string of the molecule is CCc1ccc(-c2nn(C)c(=O)o2)cc1-c1ccc(C(=O)Nc2c(F)cccc2F)s1. The summed E-state index contributed by atoms with van der Waals surface area (Å²) in [6.45, 7) is 2.00. The van der Waals surface area contributed by atoms with Crippen LogP contribution in [0.4, 0.5) is 14.5 Å². The fourth-order valence-corrected chi connectivity index (χ4v) is 4.06. The lowest BCUT2D eigenvalue weighted by Crippen LogP contribution is -2.12. The van der Waals surface area contributed by atoms with Gasteiger partial charge in [-0.3, -0.25) is 4.79 Å². The van der Waals surface area contributed by atoms with E-state index in [2.05, 4.69) is 10.4 Å². The molecule has 0 radical (unpaired) electrons. The van der Waals surface area contributed by atoms with Gasteiger partial charge >= 0.3 is 5.76 Å². The third-order valence-corrected chi connectivity index (χ3v) is 5.84. The van der Waals surface area contributed by atoms with Crippen LogP contribution in [0.25, 0.3) is 21.9 Å². The summed E-state index contributed by atoms with van der Waals surface area (Å²) in [6.07, 6.45) is 0.738. The molecule has 0 aliphatic rings. The molecule has 1 amide bonds. The molecule has 1 N–H and O–H groups in total. The van der Waals surface area contributed by atoms with Crippen molar-refractivity contribution in [1.29, 1.82) is 0 Å². The summed E-state index contributed by atoms with van der Waals surface area (Å²) in [4.78, 5) is 25.2. The molecule has 2 aromatic carbocycles. The monoisotopic (exact) mass is 441 g/mol. The summed E-state index contributed by atoms with van der Waals surface area (Å²) in [5, 5.41) is 6.37. The highest BCUT2D eigenvalue weighted by molar-refractivity contribution is 7.17. The number of aromatic nitrogens is 2. The molecule has 0 aliphatic heterocycles. The maximum Gasteiger partial charge on any atom is 0.437 e. The quantitative estimate of drug-likeness (QED) is 0.480. The van der Waals surface area contributed by atoms with Gasteiger partial charge in [0, 0.05) is 17.5 Å². The molecular weight excluding hydrogens is 424 g/mol. The molecule has 0 atom stereocenters. The van der Waals surface area contributed by atoms with Gasteiger partial charge in [-0.05, 0) is 53.9 Å². The molecule has 6 nitrogen and oxygen atoms in total. The average molecular weight is 441 g/mol. The first-order valence-corrected chi connectivity index (χ1v) is 10.2. The van der Waals surface area contributed by atoms with Gasteiger partial charge < -0.3 is 9.73 Å². The Kier molecular flexibility index (Phi) is 5.51. The van der Waals surface area contributed by atoms with Crippen molar-refractivity contribution in [2.45, 2.75) is 13.3 Å². The third-order valence-electron chi connectivity index (χ3n) is 4.72. The Morgan fingerprint density at radius 1 is 1.16 bits per heavy atom. The van der Waals surface area contributed by atoms with E-state index in [4.69, 9.17) is 4.42 Å². The van der Waals surface area contributed by atoms with Gasteiger partial charge in [-0.25, -0.2) is 13.6 Å². The first-order valence-electron chi connectivity index (χ1n) is 9.40. The second kappa shape index (κ2) is 8.27. The smallest absolute Gasteiger partial charge is 0.388 e. The number of amides is 1. The largest absolute Gasteiger partial charge is 0.437 e. The zero-order valence-corrected chi connectivity index (χ0v) is 17.4. The zero-order chi connectivity index (χ0) is 22.1. The third kappa shape index (κ3) is 4.04. The van der Waals surface area contributed by atoms with E-state index in [1.54, 1.807) is 12.1 Å². The number of benzene rings is 2. The fraction of sp³-hybridized carbons (Fsp3) is 0.136. The van der Waals surface area contributed by atoms with Crippen LogP contribution in [-0.4, -0.2) is 15.7 Å². The lowest BCUT2D eigenvalue weighted by molar-refractivity contribution is 0.102. The van der Waals surface area contributed by atoms with Crippen LogP contribution in [0.3, 0.4) is 0 Å². The summed E-state index contributed by atoms with van der Waals surface area (Å²) in [7, 11) is 1.50. The Morgan fingerprint density at radius 2 is 1.90 bits per heavy atom. The predicted molar refractivity (Wildman–Crippen MR) is 114 cm³/mol. The number of nitrogens with one attached hydrogen (secondary N) is 1. The van der Waals surface area contributed by atoms with Gasteiger partial charge in [-0.15, -0.1) is 16.4 Å². The fourth-order valence-electron chi connectivity index (χ4n) is 3.11. The minimum Gasteiger partial charge on any atom is -0.388 e. The zero-order valence-electron chi connectivity index (χ0n) is 16.6. The van der Waals surface area contributed by atoms with E-state index in [9.17, 15) is 18.4 Å². The van der Waals surface area contributed by atoms with Crippen LogP contribution in [0.15, 0.2) is 57.7 Å². The Labute approximate surface area is 179 Å². The normalized spacial score (nSPS) is 11.0. The maximum atomic E-state index is 13.8. The van der Waals surface area contributed by atoms with Gasteiger partial charge in [0.2, 0.25) is 5.89 Å². The molecule has 4 rings (SSSR count). The minimum absolute atomic E-state index is 0.195. The van der Waals surface area contributed by atoms with Gasteiger partial charge in [0.25, 0.3) is 5.91 Å². The first-order chi connectivity index (χ1) is 14.9. The van der Waals surface area contributed by atoms with Crippen molar-refractivity contribution in [2.75, 3.05) is 5.32 Å². The van der Waals surface area contributed by atoms with Gasteiger partial charge in [-0.2, -0.15) is 4.68 Å². The molecule has 0 saturated carbocycles. The van der Waals surface area contributed by atoms with Crippen LogP contribution in [0, 0.1) is 11.6 Å². The summed E-state index contributed by atoms with van der Waals surface area (Å²) in [6, 6.07) is 12.3. The number of halogens is 2. The number of rotatable bonds is 5. The average Bonchev–Trinajstić information content (AvgIpc) is 3.37. The first kappa shape index (κ1) is 20.7. The van der Waals surface area contributed by atoms with Crippen LogP contribution >= 0.6 is 11.3 Å². The number of anilines is 1. The summed E-state index contributed by atoms with van der Waals surface area (Å²) >= 11 is 1.19. The number of nitrogens with zero attached hydrogens (tertiary/aromatic N) is 2. The molecule has 31 heavy (non-hydrogen) atoms. The van der Waals surface area contributed by atoms with E-state index in [-0.39, 0.29) is 5.89 Å². The van der Waals surface area contributed by atoms with Gasteiger partial charge in [0.15, 0.2) is 0 Å². The molecule has 0 bridgehead atoms. The highest BCUT2D eigenvalue weighted by Gasteiger charge is 2.17. The molecule has 9 heteroatoms. The molecule has 0 fully saturated rings. The van der Waals surface area contributed by atoms with Crippen molar-refractivity contribution in [3.05, 3.63) is 81.2 Å². The number of hydrogen-bond acceptors (Lipinski definition) is 5. The van der Waals surface area contributed by atoms with Crippen LogP contribution in [0.2, 0.25) is 0 Å². The number of thiophene rings is 1. The molecule has 2 heterocycles. The van der Waals surface area contributed by atoms with Crippen molar-refractivity contribution in [2.24, 2.45) is 7.05 Å². The van der Waals surface area contributed by atoms with Crippen LogP contribution in [0.5, 0.6) is 0 Å².